The molecule has 0 spiro atoms. The van der Waals surface area contributed by atoms with Crippen molar-refractivity contribution in [3.63, 3.8) is 0 Å². The number of hydrogen-bond acceptors (Lipinski definition) is 2. The van der Waals surface area contributed by atoms with Crippen LogP contribution >= 0.6 is 0 Å². The summed E-state index contributed by atoms with van der Waals surface area (Å²) in [5.74, 6) is -1.82. The minimum atomic E-state index is -0.924. The van der Waals surface area contributed by atoms with Crippen molar-refractivity contribution in [1.29, 1.82) is 0 Å². The number of benzene rings is 1. The number of halogens is 2. The molecule has 0 saturated heterocycles. The molecule has 1 aliphatic rings. The zero-order valence-electron chi connectivity index (χ0n) is 9.39. The molecule has 4 heteroatoms. The van der Waals surface area contributed by atoms with Crippen LogP contribution in [0.25, 0.3) is 0 Å². The maximum Gasteiger partial charge on any atom is 0.200 e. The Kier molecular flexibility index (Phi) is 2.62. The zero-order valence-corrected chi connectivity index (χ0v) is 9.39. The molecule has 2 N–H and O–H groups in total. The first-order valence-corrected chi connectivity index (χ1v) is 5.31. The summed E-state index contributed by atoms with van der Waals surface area (Å²) < 4.78 is 31.6. The third kappa shape index (κ3) is 1.48. The standard InChI is InChI=1S/C12H15F2NO/c1-7(15)12(5-6-12)8-3-4-9(13)10(14)11(8)16-2/h3-4,7H,5-6,15H2,1-2H3. The van der Waals surface area contributed by atoms with Crippen molar-refractivity contribution >= 4 is 0 Å². The fourth-order valence-electron chi connectivity index (χ4n) is 2.23. The smallest absolute Gasteiger partial charge is 0.200 e. The highest BCUT2D eigenvalue weighted by Gasteiger charge is 2.49. The molecule has 0 radical (unpaired) electrons. The molecule has 0 aliphatic heterocycles. The molecule has 0 heterocycles. The molecule has 16 heavy (non-hydrogen) atoms. The van der Waals surface area contributed by atoms with Gasteiger partial charge in [0.25, 0.3) is 0 Å². The van der Waals surface area contributed by atoms with E-state index in [1.54, 1.807) is 6.07 Å². The van der Waals surface area contributed by atoms with E-state index < -0.39 is 11.6 Å². The molecule has 1 saturated carbocycles. The Balaban J connectivity index is 2.54. The van der Waals surface area contributed by atoms with Gasteiger partial charge in [0.1, 0.15) is 0 Å². The molecule has 1 aromatic carbocycles. The van der Waals surface area contributed by atoms with Gasteiger partial charge in [-0.1, -0.05) is 6.07 Å². The summed E-state index contributed by atoms with van der Waals surface area (Å²) in [6, 6.07) is 2.62. The number of nitrogens with two attached hydrogens (primary N) is 1. The third-order valence-electron chi connectivity index (χ3n) is 3.45. The van der Waals surface area contributed by atoms with Gasteiger partial charge in [-0.2, -0.15) is 4.39 Å². The molecular weight excluding hydrogens is 212 g/mol. The first-order chi connectivity index (χ1) is 7.53. The Labute approximate surface area is 93.4 Å². The Morgan fingerprint density at radius 3 is 2.44 bits per heavy atom. The SMILES string of the molecule is COc1c(C2(C(C)N)CC2)ccc(F)c1F. The maximum atomic E-state index is 13.5. The fourth-order valence-corrected chi connectivity index (χ4v) is 2.23. The fraction of sp³-hybridized carbons (Fsp3) is 0.500. The number of rotatable bonds is 3. The van der Waals surface area contributed by atoms with Crippen molar-refractivity contribution in [2.45, 2.75) is 31.2 Å². The highest BCUT2D eigenvalue weighted by molar-refractivity contribution is 5.45. The normalized spacial score (nSPS) is 19.3. The Hall–Kier alpha value is -1.16. The minimum absolute atomic E-state index is 0.00481. The van der Waals surface area contributed by atoms with Gasteiger partial charge in [-0.15, -0.1) is 0 Å². The van der Waals surface area contributed by atoms with Crippen LogP contribution in [-0.2, 0) is 5.41 Å². The van der Waals surface area contributed by atoms with Crippen molar-refractivity contribution < 1.29 is 13.5 Å². The van der Waals surface area contributed by atoms with Crippen molar-refractivity contribution in [2.75, 3.05) is 7.11 Å². The van der Waals surface area contributed by atoms with E-state index in [4.69, 9.17) is 10.5 Å². The van der Waals surface area contributed by atoms with E-state index >= 15 is 0 Å². The van der Waals surface area contributed by atoms with E-state index in [9.17, 15) is 8.78 Å². The van der Waals surface area contributed by atoms with Gasteiger partial charge < -0.3 is 10.5 Å². The summed E-state index contributed by atoms with van der Waals surface area (Å²) in [7, 11) is 1.35. The summed E-state index contributed by atoms with van der Waals surface area (Å²) in [5.41, 5.74) is 6.35. The van der Waals surface area contributed by atoms with Crippen molar-refractivity contribution in [2.24, 2.45) is 5.73 Å². The highest BCUT2D eigenvalue weighted by atomic mass is 19.2. The van der Waals surface area contributed by atoms with E-state index in [0.717, 1.165) is 18.9 Å². The molecule has 1 atom stereocenters. The van der Waals surface area contributed by atoms with Gasteiger partial charge in [-0.3, -0.25) is 0 Å². The van der Waals surface area contributed by atoms with E-state index in [0.29, 0.717) is 5.56 Å². The summed E-state index contributed by atoms with van der Waals surface area (Å²) in [6.07, 6.45) is 1.79. The topological polar surface area (TPSA) is 35.2 Å². The van der Waals surface area contributed by atoms with Crippen molar-refractivity contribution in [1.82, 2.24) is 0 Å². The second-order valence-corrected chi connectivity index (χ2v) is 4.39. The van der Waals surface area contributed by atoms with Crippen LogP contribution in [0, 0.1) is 11.6 Å². The van der Waals surface area contributed by atoms with E-state index in [1.807, 2.05) is 6.92 Å². The van der Waals surface area contributed by atoms with Crippen LogP contribution in [0.3, 0.4) is 0 Å². The van der Waals surface area contributed by atoms with Crippen LogP contribution in [0.2, 0.25) is 0 Å². The van der Waals surface area contributed by atoms with Crippen molar-refractivity contribution in [3.05, 3.63) is 29.3 Å². The van der Waals surface area contributed by atoms with Crippen LogP contribution in [0.15, 0.2) is 12.1 Å². The van der Waals surface area contributed by atoms with Gasteiger partial charge in [0, 0.05) is 17.0 Å². The molecule has 2 rings (SSSR count). The van der Waals surface area contributed by atoms with Gasteiger partial charge in [-0.25, -0.2) is 4.39 Å². The number of ether oxygens (including phenoxy) is 1. The number of hydrogen-bond donors (Lipinski definition) is 1. The van der Waals surface area contributed by atoms with Gasteiger partial charge in [0.2, 0.25) is 5.82 Å². The summed E-state index contributed by atoms with van der Waals surface area (Å²) in [6.45, 7) is 1.88. The molecule has 88 valence electrons. The van der Waals surface area contributed by atoms with E-state index in [1.165, 1.54) is 7.11 Å². The Morgan fingerprint density at radius 2 is 2.00 bits per heavy atom. The quantitative estimate of drug-likeness (QED) is 0.860. The first-order valence-electron chi connectivity index (χ1n) is 5.31. The van der Waals surface area contributed by atoms with Crippen LogP contribution in [0.5, 0.6) is 5.75 Å². The summed E-state index contributed by atoms with van der Waals surface area (Å²) in [4.78, 5) is 0. The number of methoxy groups -OCH3 is 1. The predicted molar refractivity (Wildman–Crippen MR) is 57.5 cm³/mol. The lowest BCUT2D eigenvalue weighted by molar-refractivity contribution is 0.358. The molecule has 0 amide bonds. The van der Waals surface area contributed by atoms with Gasteiger partial charge in [0.15, 0.2) is 11.6 Å². The van der Waals surface area contributed by atoms with Crippen LogP contribution in [0.4, 0.5) is 8.78 Å². The third-order valence-corrected chi connectivity index (χ3v) is 3.45. The molecule has 0 aromatic heterocycles. The highest BCUT2D eigenvalue weighted by Crippen LogP contribution is 2.53. The van der Waals surface area contributed by atoms with Gasteiger partial charge in [-0.05, 0) is 25.8 Å². The molecule has 1 unspecified atom stereocenters. The van der Waals surface area contributed by atoms with Crippen molar-refractivity contribution in [3.8, 4) is 5.75 Å². The molecule has 1 aliphatic carbocycles. The van der Waals surface area contributed by atoms with E-state index in [-0.39, 0.29) is 17.2 Å². The lowest BCUT2D eigenvalue weighted by atomic mass is 9.88. The Bertz CT molecular complexity index is 414. The zero-order chi connectivity index (χ0) is 11.9. The lowest BCUT2D eigenvalue weighted by Crippen LogP contribution is -2.32. The molecule has 1 fully saturated rings. The summed E-state index contributed by atoms with van der Waals surface area (Å²) in [5, 5.41) is 0. The first kappa shape index (κ1) is 11.3. The minimum Gasteiger partial charge on any atom is -0.493 e. The van der Waals surface area contributed by atoms with Crippen LogP contribution in [0.1, 0.15) is 25.3 Å². The summed E-state index contributed by atoms with van der Waals surface area (Å²) >= 11 is 0. The molecule has 2 nitrogen and oxygen atoms in total. The second kappa shape index (κ2) is 3.70. The average Bonchev–Trinajstić information content (AvgIpc) is 3.02. The second-order valence-electron chi connectivity index (χ2n) is 4.39. The van der Waals surface area contributed by atoms with Crippen LogP contribution < -0.4 is 10.5 Å². The molecule has 0 bridgehead atoms. The van der Waals surface area contributed by atoms with E-state index in [2.05, 4.69) is 0 Å². The lowest BCUT2D eigenvalue weighted by Gasteiger charge is -2.22. The molecular formula is C12H15F2NO. The van der Waals surface area contributed by atoms with Gasteiger partial charge in [0.05, 0.1) is 7.11 Å². The largest absolute Gasteiger partial charge is 0.493 e. The predicted octanol–water partition coefficient (Wildman–Crippen LogP) is 2.35. The molecule has 1 aromatic rings. The maximum absolute atomic E-state index is 13.5. The van der Waals surface area contributed by atoms with Crippen LogP contribution in [-0.4, -0.2) is 13.2 Å². The van der Waals surface area contributed by atoms with Gasteiger partial charge >= 0.3 is 0 Å². The average molecular weight is 227 g/mol. The monoisotopic (exact) mass is 227 g/mol. The Morgan fingerprint density at radius 1 is 1.38 bits per heavy atom.